The van der Waals surface area contributed by atoms with E-state index in [1.165, 1.54) is 6.20 Å². The fraction of sp³-hybridized carbons (Fsp3) is 0.353. The molecule has 0 unspecified atom stereocenters. The van der Waals surface area contributed by atoms with Gasteiger partial charge in [0.15, 0.2) is 0 Å². The number of nitriles is 1. The van der Waals surface area contributed by atoms with Crippen LogP contribution in [0.25, 0.3) is 0 Å². The summed E-state index contributed by atoms with van der Waals surface area (Å²) in [6.45, 7) is 0. The van der Waals surface area contributed by atoms with Crippen LogP contribution >= 0.6 is 11.6 Å². The average molecular weight is 345 g/mol. The van der Waals surface area contributed by atoms with Crippen molar-refractivity contribution in [3.8, 4) is 11.8 Å². The molecule has 124 valence electrons. The monoisotopic (exact) mass is 344 g/mol. The molecule has 1 aromatic heterocycles. The third-order valence-corrected chi connectivity index (χ3v) is 4.45. The first-order valence-electron chi connectivity index (χ1n) is 7.81. The number of ether oxygens (including phenoxy) is 1. The van der Waals surface area contributed by atoms with E-state index in [1.807, 2.05) is 6.07 Å². The third-order valence-electron chi connectivity index (χ3n) is 4.13. The Morgan fingerprint density at radius 3 is 2.79 bits per heavy atom. The van der Waals surface area contributed by atoms with Crippen molar-refractivity contribution in [1.29, 1.82) is 5.26 Å². The van der Waals surface area contributed by atoms with Crippen molar-refractivity contribution in [2.75, 3.05) is 0 Å². The zero-order valence-electron chi connectivity index (χ0n) is 13.0. The molecule has 1 amide bonds. The summed E-state index contributed by atoms with van der Waals surface area (Å²) in [6, 6.07) is 7.27. The van der Waals surface area contributed by atoms with E-state index < -0.39 is 0 Å². The fourth-order valence-electron chi connectivity index (χ4n) is 2.82. The van der Waals surface area contributed by atoms with Crippen LogP contribution in [0.2, 0.25) is 5.02 Å². The van der Waals surface area contributed by atoms with Crippen LogP contribution in [0.3, 0.4) is 0 Å². The number of benzene rings is 1. The second kappa shape index (κ2) is 7.37. The molecule has 0 radical (unpaired) electrons. The Kier molecular flexibility index (Phi) is 5.02. The van der Waals surface area contributed by atoms with E-state index in [4.69, 9.17) is 21.6 Å². The number of amides is 1. The first-order valence-corrected chi connectivity index (χ1v) is 8.19. The summed E-state index contributed by atoms with van der Waals surface area (Å²) in [6.07, 6.45) is 6.62. The Hall–Kier alpha value is -2.52. The second-order valence-electron chi connectivity index (χ2n) is 5.81. The minimum atomic E-state index is -0.105. The average Bonchev–Trinajstić information content (AvgIpc) is 3.11. The van der Waals surface area contributed by atoms with E-state index >= 15 is 0 Å². The standard InChI is InChI=1S/C17H17ClN4O2/c18-16-7-15(4-1-11(16)8-19)24-14-5-2-13(3-6-14)22-17(23)12-9-20-21-10-12/h1,4,7,9-10,13-14H,2-3,5-6H2,(H,20,21)(H,22,23)/t13-,14-. The number of hydrogen-bond acceptors (Lipinski definition) is 4. The van der Waals surface area contributed by atoms with Gasteiger partial charge in [0.05, 0.1) is 28.5 Å². The quantitative estimate of drug-likeness (QED) is 0.891. The van der Waals surface area contributed by atoms with Crippen LogP contribution < -0.4 is 10.1 Å². The molecule has 1 aromatic carbocycles. The smallest absolute Gasteiger partial charge is 0.254 e. The lowest BCUT2D eigenvalue weighted by Gasteiger charge is -2.29. The predicted molar refractivity (Wildman–Crippen MR) is 88.9 cm³/mol. The first-order chi connectivity index (χ1) is 11.7. The molecular weight excluding hydrogens is 328 g/mol. The van der Waals surface area contributed by atoms with Gasteiger partial charge in [-0.1, -0.05) is 11.6 Å². The second-order valence-corrected chi connectivity index (χ2v) is 6.21. The summed E-state index contributed by atoms with van der Waals surface area (Å²) in [4.78, 5) is 12.0. The van der Waals surface area contributed by atoms with E-state index in [-0.39, 0.29) is 18.1 Å². The maximum Gasteiger partial charge on any atom is 0.254 e. The molecule has 1 heterocycles. The number of aromatic nitrogens is 2. The van der Waals surface area contributed by atoms with Crippen LogP contribution in [-0.4, -0.2) is 28.3 Å². The molecule has 0 aliphatic heterocycles. The molecule has 24 heavy (non-hydrogen) atoms. The molecule has 2 aromatic rings. The van der Waals surface area contributed by atoms with Crippen molar-refractivity contribution in [2.45, 2.75) is 37.8 Å². The molecule has 0 spiro atoms. The van der Waals surface area contributed by atoms with E-state index in [0.717, 1.165) is 25.7 Å². The maximum atomic E-state index is 12.0. The lowest BCUT2D eigenvalue weighted by atomic mass is 9.92. The number of carbonyl (C=O) groups excluding carboxylic acids is 1. The number of halogens is 1. The molecule has 1 aliphatic rings. The highest BCUT2D eigenvalue weighted by atomic mass is 35.5. The lowest BCUT2D eigenvalue weighted by Crippen LogP contribution is -2.39. The number of nitrogens with zero attached hydrogens (tertiary/aromatic N) is 2. The molecule has 1 aliphatic carbocycles. The Balaban J connectivity index is 1.49. The van der Waals surface area contributed by atoms with Gasteiger partial charge in [0.25, 0.3) is 5.91 Å². The zero-order chi connectivity index (χ0) is 16.9. The third kappa shape index (κ3) is 3.87. The normalized spacial score (nSPS) is 20.2. The molecule has 0 bridgehead atoms. The SMILES string of the molecule is N#Cc1ccc(O[C@H]2CC[C@H](NC(=O)c3cn[nH]c3)CC2)cc1Cl. The highest BCUT2D eigenvalue weighted by Crippen LogP contribution is 2.27. The van der Waals surface area contributed by atoms with Crippen molar-refractivity contribution in [1.82, 2.24) is 15.5 Å². The Morgan fingerprint density at radius 2 is 2.17 bits per heavy atom. The number of H-pyrrole nitrogens is 1. The van der Waals surface area contributed by atoms with Crippen molar-refractivity contribution in [2.24, 2.45) is 0 Å². The van der Waals surface area contributed by atoms with E-state index in [1.54, 1.807) is 24.4 Å². The zero-order valence-corrected chi connectivity index (χ0v) is 13.7. The summed E-state index contributed by atoms with van der Waals surface area (Å²) in [5.74, 6) is 0.567. The molecular formula is C17H17ClN4O2. The van der Waals surface area contributed by atoms with Crippen LogP contribution in [0, 0.1) is 11.3 Å². The van der Waals surface area contributed by atoms with Gasteiger partial charge >= 0.3 is 0 Å². The van der Waals surface area contributed by atoms with E-state index in [0.29, 0.717) is 21.9 Å². The number of carbonyl (C=O) groups is 1. The van der Waals surface area contributed by atoms with E-state index in [2.05, 4.69) is 15.5 Å². The molecule has 6 nitrogen and oxygen atoms in total. The van der Waals surface area contributed by atoms with Crippen LogP contribution in [-0.2, 0) is 0 Å². The van der Waals surface area contributed by atoms with Gasteiger partial charge in [-0.2, -0.15) is 10.4 Å². The predicted octanol–water partition coefficient (Wildman–Crippen LogP) is 3.05. The van der Waals surface area contributed by atoms with Gasteiger partial charge in [-0.05, 0) is 37.8 Å². The van der Waals surface area contributed by atoms with Gasteiger partial charge < -0.3 is 10.1 Å². The highest BCUT2D eigenvalue weighted by Gasteiger charge is 2.24. The van der Waals surface area contributed by atoms with Gasteiger partial charge in [-0.3, -0.25) is 9.89 Å². The topological polar surface area (TPSA) is 90.8 Å². The summed E-state index contributed by atoms with van der Waals surface area (Å²) >= 11 is 6.02. The lowest BCUT2D eigenvalue weighted by molar-refractivity contribution is 0.0894. The molecule has 0 atom stereocenters. The Labute approximate surface area is 144 Å². The van der Waals surface area contributed by atoms with Gasteiger partial charge in [0.1, 0.15) is 11.8 Å². The van der Waals surface area contributed by atoms with E-state index in [9.17, 15) is 4.79 Å². The van der Waals surface area contributed by atoms with Crippen LogP contribution in [0.15, 0.2) is 30.6 Å². The maximum absolute atomic E-state index is 12.0. The van der Waals surface area contributed by atoms with Gasteiger partial charge in [0.2, 0.25) is 0 Å². The molecule has 1 fully saturated rings. The largest absolute Gasteiger partial charge is 0.490 e. The minimum Gasteiger partial charge on any atom is -0.490 e. The fourth-order valence-corrected chi connectivity index (χ4v) is 3.03. The van der Waals surface area contributed by atoms with Crippen LogP contribution in [0.5, 0.6) is 5.75 Å². The molecule has 1 saturated carbocycles. The number of hydrogen-bond donors (Lipinski definition) is 2. The van der Waals surface area contributed by atoms with Gasteiger partial charge in [-0.25, -0.2) is 0 Å². The van der Waals surface area contributed by atoms with Crippen molar-refractivity contribution >= 4 is 17.5 Å². The Morgan fingerprint density at radius 1 is 1.38 bits per heavy atom. The van der Waals surface area contributed by atoms with Crippen LogP contribution in [0.1, 0.15) is 41.6 Å². The summed E-state index contributed by atoms with van der Waals surface area (Å²) in [7, 11) is 0. The Bertz CT molecular complexity index is 746. The van der Waals surface area contributed by atoms with Crippen LogP contribution in [0.4, 0.5) is 0 Å². The van der Waals surface area contributed by atoms with Gasteiger partial charge in [-0.15, -0.1) is 0 Å². The molecule has 7 heteroatoms. The minimum absolute atomic E-state index is 0.0936. The molecule has 2 N–H and O–H groups in total. The van der Waals surface area contributed by atoms with Gasteiger partial charge in [0, 0.05) is 18.3 Å². The number of rotatable bonds is 4. The number of aromatic amines is 1. The van der Waals surface area contributed by atoms with Crippen molar-refractivity contribution < 1.29 is 9.53 Å². The van der Waals surface area contributed by atoms with Crippen molar-refractivity contribution in [3.05, 3.63) is 46.7 Å². The molecule has 0 saturated heterocycles. The summed E-state index contributed by atoms with van der Waals surface area (Å²) in [5, 5.41) is 18.7. The highest BCUT2D eigenvalue weighted by molar-refractivity contribution is 6.31. The summed E-state index contributed by atoms with van der Waals surface area (Å²) < 4.78 is 5.94. The molecule has 3 rings (SSSR count). The first kappa shape index (κ1) is 16.3. The number of nitrogens with one attached hydrogen (secondary N) is 2. The summed E-state index contributed by atoms with van der Waals surface area (Å²) in [5.41, 5.74) is 0.982. The van der Waals surface area contributed by atoms with Crippen molar-refractivity contribution in [3.63, 3.8) is 0 Å².